The quantitative estimate of drug-likeness (QED) is 0.195. The van der Waals surface area contributed by atoms with E-state index >= 15 is 0 Å². The van der Waals surface area contributed by atoms with Crippen LogP contribution >= 0.6 is 0 Å². The molecule has 3 aromatic carbocycles. The molecule has 6 rings (SSSR count). The third-order valence-corrected chi connectivity index (χ3v) is 10.6. The first kappa shape index (κ1) is 32.2. The van der Waals surface area contributed by atoms with Gasteiger partial charge in [-0.2, -0.15) is 0 Å². The van der Waals surface area contributed by atoms with Gasteiger partial charge in [0.05, 0.1) is 5.70 Å². The summed E-state index contributed by atoms with van der Waals surface area (Å²) in [7, 11) is 6.68. The third kappa shape index (κ3) is 6.99. The molecule has 0 amide bonds. The second-order valence-electron chi connectivity index (χ2n) is 13.7. The van der Waals surface area contributed by atoms with Gasteiger partial charge in [-0.05, 0) is 72.7 Å². The second-order valence-corrected chi connectivity index (χ2v) is 13.7. The lowest BCUT2D eigenvalue weighted by atomic mass is 9.60. The van der Waals surface area contributed by atoms with Crippen molar-refractivity contribution < 1.29 is 0 Å². The lowest BCUT2D eigenvalue weighted by Gasteiger charge is -2.37. The van der Waals surface area contributed by atoms with Gasteiger partial charge >= 0.3 is 0 Å². The molecule has 2 fully saturated rings. The van der Waals surface area contributed by atoms with Gasteiger partial charge < -0.3 is 20.1 Å². The van der Waals surface area contributed by atoms with E-state index in [1.807, 2.05) is 0 Å². The molecule has 2 aliphatic rings. The van der Waals surface area contributed by atoms with E-state index in [1.54, 1.807) is 0 Å². The molecule has 0 bridgehead atoms. The number of nitrogens with zero attached hydrogens (tertiary/aromatic N) is 3. The zero-order valence-corrected chi connectivity index (χ0v) is 28.4. The summed E-state index contributed by atoms with van der Waals surface area (Å²) in [6, 6.07) is 26.4. The molecule has 3 atom stereocenters. The Balaban J connectivity index is 1.30. The molecule has 4 aromatic rings. The number of likely N-dealkylation sites (N-methyl/N-ethyl adjacent to an activating group) is 2. The molecular weight excluding hydrogens is 561 g/mol. The van der Waals surface area contributed by atoms with Crippen molar-refractivity contribution in [3.8, 4) is 0 Å². The van der Waals surface area contributed by atoms with Crippen molar-refractivity contribution in [1.82, 2.24) is 14.8 Å². The molecule has 1 radical (unpaired) electrons. The smallest absolute Gasteiger partial charge is 0.106 e. The number of benzene rings is 3. The van der Waals surface area contributed by atoms with Crippen LogP contribution in [0.1, 0.15) is 43.2 Å². The standard InChI is InChI=1S/C40H51BN5/c1-28-11-10-14-35(37(28)26-41-4)32-15-20-36-38(25-32)42-30(3)39(36)40(31-12-8-7-9-13-31)43-33-16-18-34(19-17-33)45(6)29(2)27-46-23-21-44(5)22-24-46/h7-9,12-13,15-20,25,28,35,37,42-43H,2-3,10-11,14,21-24,26-27H2,1,4-6H3/b40-39+/t28?,35?,37-/m1/s1. The molecule has 239 valence electrons. The van der Waals surface area contributed by atoms with Crippen LogP contribution in [0.15, 0.2) is 85.1 Å². The maximum absolute atomic E-state index is 4.51. The van der Waals surface area contributed by atoms with Crippen LogP contribution in [0.2, 0.25) is 13.1 Å². The topological polar surface area (TPSA) is 37.5 Å². The Morgan fingerprint density at radius 1 is 1.00 bits per heavy atom. The molecule has 1 aromatic heterocycles. The van der Waals surface area contributed by atoms with E-state index in [-0.39, 0.29) is 0 Å². The monoisotopic (exact) mass is 612 g/mol. The number of hydrogen-bond acceptors (Lipinski definition) is 4. The van der Waals surface area contributed by atoms with Crippen molar-refractivity contribution >= 4 is 41.8 Å². The van der Waals surface area contributed by atoms with Crippen molar-refractivity contribution in [3.05, 3.63) is 107 Å². The van der Waals surface area contributed by atoms with Gasteiger partial charge in [-0.1, -0.05) is 88.5 Å². The van der Waals surface area contributed by atoms with Crippen molar-refractivity contribution in [3.63, 3.8) is 0 Å². The Hall–Kier alpha value is -3.74. The summed E-state index contributed by atoms with van der Waals surface area (Å²) in [6.07, 6.45) is 5.12. The van der Waals surface area contributed by atoms with E-state index in [2.05, 4.69) is 146 Å². The fourth-order valence-electron chi connectivity index (χ4n) is 7.70. The zero-order chi connectivity index (χ0) is 32.2. The van der Waals surface area contributed by atoms with Crippen LogP contribution in [-0.2, 0) is 0 Å². The number of hydrogen-bond donors (Lipinski definition) is 2. The fourth-order valence-corrected chi connectivity index (χ4v) is 7.70. The van der Waals surface area contributed by atoms with Crippen molar-refractivity contribution in [2.24, 2.45) is 11.8 Å². The molecule has 1 aliphatic carbocycles. The summed E-state index contributed by atoms with van der Waals surface area (Å²) in [6.45, 7) is 18.9. The van der Waals surface area contributed by atoms with Gasteiger partial charge in [0.25, 0.3) is 0 Å². The number of aromatic nitrogens is 1. The largest absolute Gasteiger partial charge is 0.355 e. The highest BCUT2D eigenvalue weighted by Gasteiger charge is 2.31. The minimum Gasteiger partial charge on any atom is -0.355 e. The van der Waals surface area contributed by atoms with Crippen LogP contribution in [0.25, 0.3) is 23.2 Å². The molecule has 5 nitrogen and oxygen atoms in total. The normalized spacial score (nSPS) is 21.6. The zero-order valence-electron chi connectivity index (χ0n) is 28.4. The SMILES string of the molecule is C=C(CN1CCN(C)CC1)N(C)c1ccc(N/C(c2ccccc2)=c2\c(=C)[nH]c3cc(C4CCCC(C)[C@H]4C[B]C)ccc23)cc1. The number of piperazine rings is 1. The Kier molecular flexibility index (Phi) is 10.1. The third-order valence-electron chi connectivity index (χ3n) is 10.6. The first-order valence-electron chi connectivity index (χ1n) is 17.2. The molecule has 46 heavy (non-hydrogen) atoms. The summed E-state index contributed by atoms with van der Waals surface area (Å²) >= 11 is 0. The maximum Gasteiger partial charge on any atom is 0.106 e. The van der Waals surface area contributed by atoms with Gasteiger partial charge in [-0.3, -0.25) is 4.90 Å². The van der Waals surface area contributed by atoms with Crippen molar-refractivity contribution in [1.29, 1.82) is 0 Å². The lowest BCUT2D eigenvalue weighted by molar-refractivity contribution is 0.163. The van der Waals surface area contributed by atoms with Crippen LogP contribution < -0.4 is 20.8 Å². The van der Waals surface area contributed by atoms with Crippen LogP contribution in [0.3, 0.4) is 0 Å². The summed E-state index contributed by atoms with van der Waals surface area (Å²) in [5, 5.41) is 7.07. The van der Waals surface area contributed by atoms with E-state index < -0.39 is 0 Å². The summed E-state index contributed by atoms with van der Waals surface area (Å²) < 4.78 is 0. The Morgan fingerprint density at radius 3 is 2.46 bits per heavy atom. The molecule has 0 spiro atoms. The van der Waals surface area contributed by atoms with Gasteiger partial charge in [0, 0.05) is 78.3 Å². The van der Waals surface area contributed by atoms with E-state index in [4.69, 9.17) is 0 Å². The molecule has 1 saturated heterocycles. The highest BCUT2D eigenvalue weighted by Crippen LogP contribution is 2.43. The fraction of sp³-hybridized carbons (Fsp3) is 0.400. The van der Waals surface area contributed by atoms with Gasteiger partial charge in [-0.15, -0.1) is 0 Å². The first-order chi connectivity index (χ1) is 22.3. The maximum atomic E-state index is 4.51. The number of fused-ring (bicyclic) bond motifs is 1. The number of H-pyrrole nitrogens is 1. The summed E-state index contributed by atoms with van der Waals surface area (Å²) in [4.78, 5) is 10.8. The van der Waals surface area contributed by atoms with Crippen molar-refractivity contribution in [2.45, 2.75) is 45.2 Å². The Bertz CT molecular complexity index is 1740. The van der Waals surface area contributed by atoms with Gasteiger partial charge in [0.1, 0.15) is 7.28 Å². The molecule has 2 heterocycles. The van der Waals surface area contributed by atoms with Crippen LogP contribution in [0, 0.1) is 11.8 Å². The van der Waals surface area contributed by atoms with Gasteiger partial charge in [0.2, 0.25) is 0 Å². The summed E-state index contributed by atoms with van der Waals surface area (Å²) in [5.41, 5.74) is 8.13. The second kappa shape index (κ2) is 14.4. The van der Waals surface area contributed by atoms with E-state index in [0.717, 1.165) is 77.5 Å². The molecule has 1 saturated carbocycles. The van der Waals surface area contributed by atoms with E-state index in [1.165, 1.54) is 42.0 Å². The minimum absolute atomic E-state index is 0.606. The number of nitrogens with one attached hydrogen (secondary N) is 2. The molecule has 2 unspecified atom stereocenters. The summed E-state index contributed by atoms with van der Waals surface area (Å²) in [5.74, 6) is 2.08. The van der Waals surface area contributed by atoms with Crippen LogP contribution in [0.4, 0.5) is 11.4 Å². The van der Waals surface area contributed by atoms with Crippen LogP contribution in [0.5, 0.6) is 0 Å². The molecule has 1 aliphatic heterocycles. The van der Waals surface area contributed by atoms with Crippen LogP contribution in [-0.4, -0.2) is 68.9 Å². The average Bonchev–Trinajstić information content (AvgIpc) is 3.40. The predicted octanol–water partition coefficient (Wildman–Crippen LogP) is 6.73. The van der Waals surface area contributed by atoms with Gasteiger partial charge in [-0.25, -0.2) is 0 Å². The number of anilines is 2. The number of aromatic amines is 1. The molecular formula is C40H51BN5. The Morgan fingerprint density at radius 2 is 1.74 bits per heavy atom. The predicted molar refractivity (Wildman–Crippen MR) is 199 cm³/mol. The molecule has 2 N–H and O–H groups in total. The van der Waals surface area contributed by atoms with E-state index in [0.29, 0.717) is 11.8 Å². The molecule has 6 heteroatoms. The first-order valence-corrected chi connectivity index (χ1v) is 17.2. The Labute approximate surface area is 276 Å². The van der Waals surface area contributed by atoms with E-state index in [9.17, 15) is 0 Å². The lowest BCUT2D eigenvalue weighted by Crippen LogP contribution is -2.46. The minimum atomic E-state index is 0.606. The highest BCUT2D eigenvalue weighted by molar-refractivity contribution is 6.33. The average molecular weight is 613 g/mol. The van der Waals surface area contributed by atoms with Gasteiger partial charge in [0.15, 0.2) is 0 Å². The highest BCUT2D eigenvalue weighted by atomic mass is 15.3. The number of rotatable bonds is 10. The van der Waals surface area contributed by atoms with Crippen molar-refractivity contribution in [2.75, 3.05) is 57.0 Å².